The average Bonchev–Trinajstić information content (AvgIpc) is 3.54. The van der Waals surface area contributed by atoms with Crippen molar-refractivity contribution in [3.05, 3.63) is 124 Å². The molecule has 1 heteroatoms. The van der Waals surface area contributed by atoms with Gasteiger partial charge in [-0.1, -0.05) is 66.7 Å². The molecule has 5 aromatic carbocycles. The van der Waals surface area contributed by atoms with Gasteiger partial charge in [-0.2, -0.15) is 0 Å². The van der Waals surface area contributed by atoms with E-state index in [4.69, 9.17) is 0 Å². The lowest BCUT2D eigenvalue weighted by atomic mass is 9.88. The summed E-state index contributed by atoms with van der Waals surface area (Å²) in [7, 11) is 0. The smallest absolute Gasteiger partial charge is 0.0579 e. The van der Waals surface area contributed by atoms with Crippen LogP contribution in [0, 0.1) is 0 Å². The molecule has 6 aromatic rings. The maximum absolute atomic E-state index is 2.57. The number of hydrogen-bond acceptors (Lipinski definition) is 0. The zero-order valence-electron chi connectivity index (χ0n) is 18.7. The maximum atomic E-state index is 2.57. The van der Waals surface area contributed by atoms with Crippen LogP contribution in [0.5, 0.6) is 0 Å². The summed E-state index contributed by atoms with van der Waals surface area (Å²) >= 11 is 0. The van der Waals surface area contributed by atoms with Crippen LogP contribution in [-0.2, 0) is 19.3 Å². The van der Waals surface area contributed by atoms with Crippen molar-refractivity contribution >= 4 is 21.8 Å². The van der Waals surface area contributed by atoms with Crippen molar-refractivity contribution in [2.45, 2.75) is 19.3 Å². The number of hydrogen-bond donors (Lipinski definition) is 0. The molecule has 0 spiro atoms. The lowest BCUT2D eigenvalue weighted by Gasteiger charge is -2.24. The van der Waals surface area contributed by atoms with Crippen molar-refractivity contribution in [2.75, 3.05) is 0 Å². The molecule has 1 aliphatic heterocycles. The summed E-state index contributed by atoms with van der Waals surface area (Å²) in [5.74, 6) is 0. The van der Waals surface area contributed by atoms with Crippen molar-refractivity contribution < 1.29 is 0 Å². The van der Waals surface area contributed by atoms with Crippen molar-refractivity contribution in [2.24, 2.45) is 0 Å². The summed E-state index contributed by atoms with van der Waals surface area (Å²) in [5, 5.41) is 2.76. The zero-order chi connectivity index (χ0) is 22.0. The highest BCUT2D eigenvalue weighted by Gasteiger charge is 2.31. The minimum atomic E-state index is 1.01. The fourth-order valence-electron chi connectivity index (χ4n) is 7.01. The van der Waals surface area contributed by atoms with E-state index in [1.807, 2.05) is 0 Å². The molecule has 158 valence electrons. The van der Waals surface area contributed by atoms with Gasteiger partial charge in [-0.05, 0) is 92.7 Å². The second-order valence-corrected chi connectivity index (χ2v) is 10.1. The van der Waals surface area contributed by atoms with Gasteiger partial charge in [0, 0.05) is 17.2 Å². The van der Waals surface area contributed by atoms with Gasteiger partial charge < -0.3 is 4.57 Å². The van der Waals surface area contributed by atoms with Gasteiger partial charge in [0.25, 0.3) is 0 Å². The molecule has 0 bridgehead atoms. The van der Waals surface area contributed by atoms with Crippen LogP contribution in [0.25, 0.3) is 49.7 Å². The standard InChI is InChI=1S/C33H21N/c1-3-9-23-19(7-1)13-21-17-32-22(15-26(21)23)16-29-27-14-20-8-2-4-10-24(20)28(27)18-30-25-11-5-6-12-31(25)34(32)33(29)30/h1-12,15,17-18H,13-14,16H2. The van der Waals surface area contributed by atoms with E-state index in [2.05, 4.69) is 95.6 Å². The molecule has 0 saturated carbocycles. The van der Waals surface area contributed by atoms with Crippen LogP contribution >= 0.6 is 0 Å². The molecule has 3 aliphatic rings. The largest absolute Gasteiger partial charge is 0.309 e. The Hall–Kier alpha value is -4.10. The monoisotopic (exact) mass is 431 g/mol. The quantitative estimate of drug-likeness (QED) is 0.231. The van der Waals surface area contributed by atoms with Gasteiger partial charge in [-0.3, -0.25) is 0 Å². The van der Waals surface area contributed by atoms with E-state index in [1.165, 1.54) is 83.1 Å². The molecule has 0 saturated heterocycles. The first kappa shape index (κ1) is 17.4. The highest BCUT2D eigenvalue weighted by molar-refractivity contribution is 6.13. The lowest BCUT2D eigenvalue weighted by Crippen LogP contribution is -2.11. The van der Waals surface area contributed by atoms with E-state index in [9.17, 15) is 0 Å². The fourth-order valence-corrected chi connectivity index (χ4v) is 7.01. The van der Waals surface area contributed by atoms with Gasteiger partial charge in [-0.15, -0.1) is 0 Å². The topological polar surface area (TPSA) is 4.93 Å². The molecule has 0 amide bonds. The van der Waals surface area contributed by atoms with Crippen LogP contribution in [0.2, 0.25) is 0 Å². The van der Waals surface area contributed by atoms with Gasteiger partial charge in [-0.25, -0.2) is 0 Å². The van der Waals surface area contributed by atoms with Gasteiger partial charge in [0.15, 0.2) is 0 Å². The molecular weight excluding hydrogens is 410 g/mol. The highest BCUT2D eigenvalue weighted by atomic mass is 15.0. The van der Waals surface area contributed by atoms with Crippen LogP contribution in [0.4, 0.5) is 0 Å². The fraction of sp³-hybridized carbons (Fsp3) is 0.0909. The van der Waals surface area contributed by atoms with Crippen molar-refractivity contribution in [3.8, 4) is 27.9 Å². The number of nitrogens with zero attached hydrogens (tertiary/aromatic N) is 1. The second-order valence-electron chi connectivity index (χ2n) is 10.1. The van der Waals surface area contributed by atoms with E-state index in [0.29, 0.717) is 0 Å². The van der Waals surface area contributed by atoms with E-state index in [0.717, 1.165) is 19.3 Å². The third-order valence-corrected chi connectivity index (χ3v) is 8.45. The number of rotatable bonds is 0. The molecule has 0 unspecified atom stereocenters. The molecule has 0 atom stereocenters. The number of aromatic nitrogens is 1. The Kier molecular flexibility index (Phi) is 3.00. The summed E-state index contributed by atoms with van der Waals surface area (Å²) in [6.07, 6.45) is 3.09. The van der Waals surface area contributed by atoms with Crippen LogP contribution in [0.15, 0.2) is 91.0 Å². The number of fused-ring (bicyclic) bond motifs is 12. The molecule has 2 aliphatic carbocycles. The molecule has 2 heterocycles. The highest BCUT2D eigenvalue weighted by Crippen LogP contribution is 2.49. The molecule has 0 N–H and O–H groups in total. The molecule has 1 nitrogen and oxygen atoms in total. The van der Waals surface area contributed by atoms with Crippen LogP contribution in [-0.4, -0.2) is 4.57 Å². The predicted octanol–water partition coefficient (Wildman–Crippen LogP) is 7.83. The third kappa shape index (κ3) is 1.98. The minimum Gasteiger partial charge on any atom is -0.309 e. The molecule has 9 rings (SSSR count). The molecule has 34 heavy (non-hydrogen) atoms. The first-order chi connectivity index (χ1) is 16.8. The van der Waals surface area contributed by atoms with Crippen molar-refractivity contribution in [3.63, 3.8) is 0 Å². The second kappa shape index (κ2) is 5.87. The molecular formula is C33H21N. The normalized spacial score (nSPS) is 14.1. The SMILES string of the molecule is c1ccc2c(c1)Cc1cc3c(cc1-2)Cc1c2c(cc4c5ccccc5n-3c14)-c1ccccc1C2. The Balaban J connectivity index is 1.41. The average molecular weight is 432 g/mol. The first-order valence-electron chi connectivity index (χ1n) is 12.3. The van der Waals surface area contributed by atoms with E-state index in [-0.39, 0.29) is 0 Å². The molecule has 1 aromatic heterocycles. The summed E-state index contributed by atoms with van der Waals surface area (Å²) in [5.41, 5.74) is 18.7. The zero-order valence-corrected chi connectivity index (χ0v) is 18.7. The van der Waals surface area contributed by atoms with E-state index < -0.39 is 0 Å². The number of para-hydroxylation sites is 1. The van der Waals surface area contributed by atoms with Crippen molar-refractivity contribution in [1.29, 1.82) is 0 Å². The number of benzene rings is 5. The predicted molar refractivity (Wildman–Crippen MR) is 140 cm³/mol. The lowest BCUT2D eigenvalue weighted by molar-refractivity contribution is 1.02. The Morgan fingerprint density at radius 1 is 0.471 bits per heavy atom. The maximum Gasteiger partial charge on any atom is 0.0579 e. The molecule has 0 fully saturated rings. The minimum absolute atomic E-state index is 1.01. The Labute approximate surface area is 197 Å². The summed E-state index contributed by atoms with van der Waals surface area (Å²) < 4.78 is 2.57. The van der Waals surface area contributed by atoms with Crippen LogP contribution < -0.4 is 0 Å². The van der Waals surface area contributed by atoms with Gasteiger partial charge in [0.05, 0.1) is 16.7 Å². The van der Waals surface area contributed by atoms with Gasteiger partial charge in [0.2, 0.25) is 0 Å². The summed E-state index contributed by atoms with van der Waals surface area (Å²) in [6.45, 7) is 0. The van der Waals surface area contributed by atoms with E-state index in [1.54, 1.807) is 0 Å². The third-order valence-electron chi connectivity index (χ3n) is 8.45. The van der Waals surface area contributed by atoms with Gasteiger partial charge >= 0.3 is 0 Å². The first-order valence-corrected chi connectivity index (χ1v) is 12.3. The summed E-state index contributed by atoms with van der Waals surface area (Å²) in [6, 6.07) is 34.3. The van der Waals surface area contributed by atoms with Crippen molar-refractivity contribution in [1.82, 2.24) is 4.57 Å². The summed E-state index contributed by atoms with van der Waals surface area (Å²) in [4.78, 5) is 0. The van der Waals surface area contributed by atoms with Gasteiger partial charge in [0.1, 0.15) is 0 Å². The van der Waals surface area contributed by atoms with Crippen LogP contribution in [0.3, 0.4) is 0 Å². The Morgan fingerprint density at radius 2 is 1.18 bits per heavy atom. The van der Waals surface area contributed by atoms with E-state index >= 15 is 0 Å². The molecule has 0 radical (unpaired) electrons. The Bertz CT molecular complexity index is 1880. The van der Waals surface area contributed by atoms with Crippen LogP contribution in [0.1, 0.15) is 33.4 Å². The Morgan fingerprint density at radius 3 is 2.06 bits per heavy atom.